The topological polar surface area (TPSA) is 81.3 Å². The number of anilines is 1. The number of nitrogens with zero attached hydrogens (tertiary/aromatic N) is 5. The largest absolute Gasteiger partial charge is 0.444 e. The van der Waals surface area contributed by atoms with E-state index in [2.05, 4.69) is 21.4 Å². The Morgan fingerprint density at radius 2 is 1.73 bits per heavy atom. The van der Waals surface area contributed by atoms with E-state index < -0.39 is 50.0 Å². The highest BCUT2D eigenvalue weighted by Gasteiger charge is 2.45. The first-order valence-electron chi connectivity index (χ1n) is 12.0. The molecule has 0 unspecified atom stereocenters. The summed E-state index contributed by atoms with van der Waals surface area (Å²) in [5.41, 5.74) is 1.65. The van der Waals surface area contributed by atoms with E-state index in [0.717, 1.165) is 9.80 Å². The molecule has 12 heteroatoms. The van der Waals surface area contributed by atoms with Gasteiger partial charge in [0.2, 0.25) is 0 Å². The van der Waals surface area contributed by atoms with Gasteiger partial charge in [-0.3, -0.25) is 14.5 Å². The number of alkyl halides is 2. The van der Waals surface area contributed by atoms with Gasteiger partial charge in [0.05, 0.1) is 18.7 Å². The minimum atomic E-state index is -2.83. The zero-order chi connectivity index (χ0) is 28.5. The van der Waals surface area contributed by atoms with Gasteiger partial charge in [0.25, 0.3) is 12.1 Å². The van der Waals surface area contributed by atoms with Crippen molar-refractivity contribution in [2.75, 3.05) is 18.5 Å². The predicted octanol–water partition coefficient (Wildman–Crippen LogP) is 5.85. The summed E-state index contributed by atoms with van der Waals surface area (Å²) in [6.45, 7) is 23.9. The van der Waals surface area contributed by atoms with Crippen LogP contribution in [0.15, 0.2) is 0 Å². The molecule has 1 aliphatic heterocycles. The number of aromatic nitrogens is 2. The Labute approximate surface area is 218 Å². The fourth-order valence-corrected chi connectivity index (χ4v) is 4.12. The lowest BCUT2D eigenvalue weighted by atomic mass is 10.2. The fraction of sp³-hybridized carbons (Fsp3) is 0.680. The second-order valence-corrected chi connectivity index (χ2v) is 16.8. The minimum Gasteiger partial charge on any atom is -0.444 e. The first kappa shape index (κ1) is 30.1. The summed E-state index contributed by atoms with van der Waals surface area (Å²) in [6, 6.07) is -2.18. The van der Waals surface area contributed by atoms with Crippen LogP contribution in [0.5, 0.6) is 0 Å². The molecule has 0 spiro atoms. The Hall–Kier alpha value is -3.12. The van der Waals surface area contributed by atoms with Gasteiger partial charge in [-0.15, -0.1) is 5.54 Å². The predicted molar refractivity (Wildman–Crippen MR) is 140 cm³/mol. The standard InChI is InChI=1S/C25H37F2N5O4Si/c1-24(2,3)35-22(33)30(8)21-19(28-7)17(12-13-37(9,10)11)29-32(21)16-14-18(20(26)27)31(15-16)23(34)36-25(4,5)6/h16,18,20H,14-15H2,1-6,8-11H3/t16-,18+/m0/s1. The van der Waals surface area contributed by atoms with Crippen LogP contribution in [0.2, 0.25) is 19.6 Å². The van der Waals surface area contributed by atoms with Gasteiger partial charge in [-0.2, -0.15) is 5.10 Å². The number of halogens is 2. The highest BCUT2D eigenvalue weighted by molar-refractivity contribution is 6.83. The molecule has 1 aliphatic rings. The highest BCUT2D eigenvalue weighted by atomic mass is 28.3. The summed E-state index contributed by atoms with van der Waals surface area (Å²) in [5.74, 6) is 3.04. The number of ether oxygens (including phenoxy) is 2. The van der Waals surface area contributed by atoms with E-state index in [0.29, 0.717) is 0 Å². The van der Waals surface area contributed by atoms with Gasteiger partial charge in [-0.05, 0) is 48.0 Å². The molecule has 0 N–H and O–H groups in total. The van der Waals surface area contributed by atoms with Gasteiger partial charge in [0, 0.05) is 13.6 Å². The van der Waals surface area contributed by atoms with E-state index in [1.807, 2.05) is 19.6 Å². The maximum atomic E-state index is 14.0. The average Bonchev–Trinajstić information content (AvgIpc) is 3.30. The van der Waals surface area contributed by atoms with E-state index in [-0.39, 0.29) is 30.2 Å². The normalized spacial score (nSPS) is 18.2. The summed E-state index contributed by atoms with van der Waals surface area (Å²) in [6.07, 6.45) is -4.58. The minimum absolute atomic E-state index is 0.0171. The van der Waals surface area contributed by atoms with Gasteiger partial charge in [0.15, 0.2) is 0 Å². The Bertz CT molecular complexity index is 1130. The molecule has 1 saturated heterocycles. The van der Waals surface area contributed by atoms with Crippen molar-refractivity contribution in [1.82, 2.24) is 14.7 Å². The van der Waals surface area contributed by atoms with E-state index in [1.54, 1.807) is 41.5 Å². The molecule has 0 saturated carbocycles. The molecule has 1 fully saturated rings. The van der Waals surface area contributed by atoms with Crippen LogP contribution >= 0.6 is 0 Å². The summed E-state index contributed by atoms with van der Waals surface area (Å²) >= 11 is 0. The Balaban J connectivity index is 2.63. The molecular formula is C25H37F2N5O4Si. The third-order valence-corrected chi connectivity index (χ3v) is 5.97. The molecule has 2 rings (SSSR count). The van der Waals surface area contributed by atoms with Crippen LogP contribution < -0.4 is 4.90 Å². The lowest BCUT2D eigenvalue weighted by Crippen LogP contribution is -2.43. The zero-order valence-electron chi connectivity index (χ0n) is 23.3. The first-order valence-corrected chi connectivity index (χ1v) is 15.5. The van der Waals surface area contributed by atoms with Gasteiger partial charge < -0.3 is 9.47 Å². The maximum absolute atomic E-state index is 14.0. The van der Waals surface area contributed by atoms with Crippen LogP contribution in [-0.2, 0) is 9.47 Å². The molecule has 0 aromatic carbocycles. The molecule has 9 nitrogen and oxygen atoms in total. The Morgan fingerprint density at radius 1 is 1.16 bits per heavy atom. The van der Waals surface area contributed by atoms with Crippen molar-refractivity contribution < 1.29 is 27.8 Å². The molecule has 2 amide bonds. The van der Waals surface area contributed by atoms with Gasteiger partial charge in [-0.25, -0.2) is 23.2 Å². The molecule has 1 aromatic rings. The Morgan fingerprint density at radius 3 is 2.19 bits per heavy atom. The molecular weight excluding hydrogens is 500 g/mol. The number of amides is 2. The van der Waals surface area contributed by atoms with Crippen molar-refractivity contribution >= 4 is 31.8 Å². The van der Waals surface area contributed by atoms with E-state index in [1.165, 1.54) is 11.7 Å². The number of carbonyl (C=O) groups is 2. The number of likely N-dealkylation sites (tertiary alicyclic amines) is 1. The maximum Gasteiger partial charge on any atom is 0.414 e. The van der Waals surface area contributed by atoms with E-state index in [9.17, 15) is 18.4 Å². The molecule has 2 atom stereocenters. The quantitative estimate of drug-likeness (QED) is 0.275. The monoisotopic (exact) mass is 537 g/mol. The molecule has 204 valence electrons. The van der Waals surface area contributed by atoms with Crippen molar-refractivity contribution in [1.29, 1.82) is 0 Å². The zero-order valence-corrected chi connectivity index (χ0v) is 24.3. The van der Waals surface area contributed by atoms with Crippen LogP contribution in [-0.4, -0.2) is 72.2 Å². The van der Waals surface area contributed by atoms with Crippen molar-refractivity contribution in [3.8, 4) is 11.5 Å². The molecule has 0 aliphatic carbocycles. The van der Waals surface area contributed by atoms with Crippen molar-refractivity contribution in [2.45, 2.75) is 97.3 Å². The second-order valence-electron chi connectivity index (χ2n) is 12.0. The molecule has 0 bridgehead atoms. The van der Waals surface area contributed by atoms with Crippen LogP contribution in [0, 0.1) is 18.0 Å². The third-order valence-electron chi connectivity index (χ3n) is 5.10. The number of rotatable bonds is 3. The smallest absolute Gasteiger partial charge is 0.414 e. The SMILES string of the molecule is [C-]#[N+]c1c(C#C[Si](C)(C)C)nn([C@H]2C[C@H](C(F)F)N(C(=O)OC(C)(C)C)C2)c1N(C)C(=O)OC(C)(C)C. The number of carbonyl (C=O) groups excluding carboxylic acids is 2. The van der Waals surface area contributed by atoms with Crippen molar-refractivity contribution in [2.24, 2.45) is 0 Å². The third kappa shape index (κ3) is 7.93. The lowest BCUT2D eigenvalue weighted by Gasteiger charge is -2.28. The van der Waals surface area contributed by atoms with E-state index >= 15 is 0 Å². The van der Waals surface area contributed by atoms with Crippen LogP contribution in [0.25, 0.3) is 4.85 Å². The summed E-state index contributed by atoms with van der Waals surface area (Å²) < 4.78 is 40.2. The fourth-order valence-electron chi connectivity index (χ4n) is 3.62. The van der Waals surface area contributed by atoms with Crippen LogP contribution in [0.1, 0.15) is 59.7 Å². The summed E-state index contributed by atoms with van der Waals surface area (Å²) in [4.78, 5) is 31.4. The van der Waals surface area contributed by atoms with Crippen LogP contribution in [0.4, 0.5) is 29.9 Å². The van der Waals surface area contributed by atoms with Gasteiger partial charge in [0.1, 0.15) is 30.8 Å². The Kier molecular flexibility index (Phi) is 8.71. The first-order chi connectivity index (χ1) is 16.7. The van der Waals surface area contributed by atoms with Crippen molar-refractivity contribution in [3.63, 3.8) is 0 Å². The summed E-state index contributed by atoms with van der Waals surface area (Å²) in [7, 11) is -0.430. The molecule has 1 aromatic heterocycles. The van der Waals surface area contributed by atoms with Gasteiger partial charge in [-0.1, -0.05) is 25.6 Å². The average molecular weight is 538 g/mol. The molecule has 2 heterocycles. The second kappa shape index (κ2) is 10.7. The van der Waals surface area contributed by atoms with Gasteiger partial charge >= 0.3 is 12.2 Å². The van der Waals surface area contributed by atoms with Crippen LogP contribution in [0.3, 0.4) is 0 Å². The molecule has 0 radical (unpaired) electrons. The number of hydrogen-bond acceptors (Lipinski definition) is 5. The highest BCUT2D eigenvalue weighted by Crippen LogP contribution is 2.40. The number of hydrogen-bond donors (Lipinski definition) is 0. The van der Waals surface area contributed by atoms with Crippen molar-refractivity contribution in [3.05, 3.63) is 17.1 Å². The lowest BCUT2D eigenvalue weighted by molar-refractivity contribution is -0.00233. The molecule has 37 heavy (non-hydrogen) atoms. The van der Waals surface area contributed by atoms with E-state index in [4.69, 9.17) is 16.0 Å². The summed E-state index contributed by atoms with van der Waals surface area (Å²) in [5, 5.41) is 4.51.